The molecule has 0 aliphatic carbocycles. The van der Waals surface area contributed by atoms with Crippen molar-refractivity contribution in [2.24, 2.45) is 0 Å². The molecular formula is C16H22O7. The monoisotopic (exact) mass is 326 g/mol. The van der Waals surface area contributed by atoms with Crippen LogP contribution in [0.5, 0.6) is 0 Å². The molecule has 1 rings (SSSR count). The van der Waals surface area contributed by atoms with Crippen LogP contribution in [-0.4, -0.2) is 75.6 Å². The van der Waals surface area contributed by atoms with Gasteiger partial charge in [-0.1, -0.05) is 24.5 Å². The van der Waals surface area contributed by atoms with Gasteiger partial charge in [0.1, 0.15) is 30.5 Å². The first kappa shape index (κ1) is 19.6. The second-order valence-corrected chi connectivity index (χ2v) is 4.92. The Hall–Kier alpha value is -1.42. The Morgan fingerprint density at radius 1 is 1.17 bits per heavy atom. The summed E-state index contributed by atoms with van der Waals surface area (Å²) >= 11 is 0. The first-order chi connectivity index (χ1) is 11.0. The molecule has 0 aromatic carbocycles. The largest absolute Gasteiger partial charge is 0.394 e. The maximum absolute atomic E-state index is 9.75. The number of aliphatic hydroxyl groups excluding tert-OH is 5. The number of hydrogen-bond donors (Lipinski definition) is 5. The van der Waals surface area contributed by atoms with Gasteiger partial charge in [0.25, 0.3) is 0 Å². The Balaban J connectivity index is 2.31. The topological polar surface area (TPSA) is 120 Å². The molecule has 1 aliphatic rings. The van der Waals surface area contributed by atoms with Crippen molar-refractivity contribution in [1.29, 1.82) is 0 Å². The number of ether oxygens (including phenoxy) is 2. The molecule has 1 heterocycles. The average molecular weight is 326 g/mol. The number of rotatable bonds is 6. The van der Waals surface area contributed by atoms with Crippen LogP contribution in [0.25, 0.3) is 0 Å². The zero-order chi connectivity index (χ0) is 17.2. The number of unbranched alkanes of at least 4 members (excludes halogenated alkanes) is 1. The molecule has 23 heavy (non-hydrogen) atoms. The summed E-state index contributed by atoms with van der Waals surface area (Å²) in [4.78, 5) is 0. The third-order valence-corrected chi connectivity index (χ3v) is 3.17. The lowest BCUT2D eigenvalue weighted by Crippen LogP contribution is -2.59. The van der Waals surface area contributed by atoms with Crippen molar-refractivity contribution in [2.45, 2.75) is 49.7 Å². The minimum atomic E-state index is -1.45. The van der Waals surface area contributed by atoms with E-state index in [1.165, 1.54) is 6.08 Å². The minimum absolute atomic E-state index is 0.208. The van der Waals surface area contributed by atoms with Crippen molar-refractivity contribution < 1.29 is 35.0 Å². The van der Waals surface area contributed by atoms with Crippen LogP contribution in [-0.2, 0) is 9.47 Å². The second-order valence-electron chi connectivity index (χ2n) is 4.92. The van der Waals surface area contributed by atoms with Crippen LogP contribution in [0.15, 0.2) is 12.7 Å². The van der Waals surface area contributed by atoms with E-state index in [2.05, 4.69) is 30.3 Å². The fourth-order valence-electron chi connectivity index (χ4n) is 1.84. The zero-order valence-electron chi connectivity index (χ0n) is 12.6. The molecule has 0 saturated carbocycles. The molecular weight excluding hydrogens is 304 g/mol. The van der Waals surface area contributed by atoms with E-state index in [0.717, 1.165) is 0 Å². The first-order valence-corrected chi connectivity index (χ1v) is 7.22. The average Bonchev–Trinajstić information content (AvgIpc) is 2.56. The van der Waals surface area contributed by atoms with Gasteiger partial charge in [-0.25, -0.2) is 0 Å². The van der Waals surface area contributed by atoms with E-state index < -0.39 is 43.4 Å². The van der Waals surface area contributed by atoms with Crippen LogP contribution in [0.1, 0.15) is 12.8 Å². The van der Waals surface area contributed by atoms with Crippen LogP contribution in [0, 0.1) is 23.7 Å². The van der Waals surface area contributed by atoms with Gasteiger partial charge in [-0.15, -0.1) is 0 Å². The molecule has 1 saturated heterocycles. The molecule has 0 aromatic heterocycles. The fourth-order valence-corrected chi connectivity index (χ4v) is 1.84. The molecule has 1 fully saturated rings. The molecule has 0 amide bonds. The van der Waals surface area contributed by atoms with E-state index in [9.17, 15) is 15.3 Å². The summed E-state index contributed by atoms with van der Waals surface area (Å²) in [6.45, 7) is 3.09. The summed E-state index contributed by atoms with van der Waals surface area (Å²) < 4.78 is 10.5. The van der Waals surface area contributed by atoms with Crippen molar-refractivity contribution >= 4 is 0 Å². The van der Waals surface area contributed by atoms with E-state index in [-0.39, 0.29) is 6.61 Å². The Labute approximate surface area is 135 Å². The molecule has 128 valence electrons. The molecule has 7 nitrogen and oxygen atoms in total. The van der Waals surface area contributed by atoms with E-state index >= 15 is 0 Å². The minimum Gasteiger partial charge on any atom is -0.394 e. The first-order valence-electron chi connectivity index (χ1n) is 7.22. The standard InChI is InChI=1S/C16H22O7/c1-2-11(18)8-6-4-3-5-7-9-22-16-15(21)14(20)13(19)12(10-17)23-16/h2,11-21H,1,5,7,9-10H2/t11-,12+,13+,14-,15+,16+/m0/s1. The zero-order valence-corrected chi connectivity index (χ0v) is 12.6. The van der Waals surface area contributed by atoms with Crippen LogP contribution < -0.4 is 0 Å². The Kier molecular flexibility index (Phi) is 8.85. The summed E-state index contributed by atoms with van der Waals surface area (Å²) in [7, 11) is 0. The van der Waals surface area contributed by atoms with Crippen molar-refractivity contribution in [3.63, 3.8) is 0 Å². The third kappa shape index (κ3) is 6.30. The normalized spacial score (nSPS) is 31.3. The highest BCUT2D eigenvalue weighted by Gasteiger charge is 2.43. The molecule has 1 aliphatic heterocycles. The van der Waals surface area contributed by atoms with Crippen molar-refractivity contribution in [3.8, 4) is 23.7 Å². The van der Waals surface area contributed by atoms with Gasteiger partial charge >= 0.3 is 0 Å². The molecule has 0 aromatic rings. The Morgan fingerprint density at radius 2 is 1.91 bits per heavy atom. The van der Waals surface area contributed by atoms with Crippen LogP contribution in [0.4, 0.5) is 0 Å². The highest BCUT2D eigenvalue weighted by molar-refractivity contribution is 5.28. The molecule has 5 N–H and O–H groups in total. The highest BCUT2D eigenvalue weighted by Crippen LogP contribution is 2.21. The van der Waals surface area contributed by atoms with Crippen molar-refractivity contribution in [3.05, 3.63) is 12.7 Å². The second kappa shape index (κ2) is 10.4. The van der Waals surface area contributed by atoms with Crippen LogP contribution in [0.3, 0.4) is 0 Å². The Bertz CT molecular complexity index is 482. The predicted molar refractivity (Wildman–Crippen MR) is 80.7 cm³/mol. The molecule has 6 atom stereocenters. The molecule has 0 unspecified atom stereocenters. The van der Waals surface area contributed by atoms with Crippen molar-refractivity contribution in [1.82, 2.24) is 0 Å². The van der Waals surface area contributed by atoms with Crippen LogP contribution >= 0.6 is 0 Å². The van der Waals surface area contributed by atoms with Gasteiger partial charge in [0.15, 0.2) is 6.29 Å². The van der Waals surface area contributed by atoms with E-state index in [1.807, 2.05) is 0 Å². The van der Waals surface area contributed by atoms with E-state index in [4.69, 9.17) is 19.7 Å². The van der Waals surface area contributed by atoms with Gasteiger partial charge in [-0.05, 0) is 18.3 Å². The Morgan fingerprint density at radius 3 is 2.57 bits per heavy atom. The molecule has 0 bridgehead atoms. The predicted octanol–water partition coefficient (Wildman–Crippen LogP) is -1.86. The molecule has 7 heteroatoms. The van der Waals surface area contributed by atoms with E-state index in [1.54, 1.807) is 0 Å². The SMILES string of the molecule is C=C[C@H](O)C#CC#CCCCO[C@@H]1O[C@H](CO)[C@@H](O)[C@H](O)[C@H]1O. The summed E-state index contributed by atoms with van der Waals surface area (Å²) in [6, 6.07) is 0. The summed E-state index contributed by atoms with van der Waals surface area (Å²) in [5, 5.41) is 47.1. The van der Waals surface area contributed by atoms with Gasteiger partial charge in [0.2, 0.25) is 0 Å². The van der Waals surface area contributed by atoms with Gasteiger partial charge in [-0.2, -0.15) is 0 Å². The number of hydrogen-bond acceptors (Lipinski definition) is 7. The van der Waals surface area contributed by atoms with Gasteiger partial charge in [0, 0.05) is 6.42 Å². The maximum atomic E-state index is 9.75. The van der Waals surface area contributed by atoms with Gasteiger partial charge in [0.05, 0.1) is 13.2 Å². The van der Waals surface area contributed by atoms with Gasteiger partial charge < -0.3 is 35.0 Å². The quantitative estimate of drug-likeness (QED) is 0.220. The lowest BCUT2D eigenvalue weighted by atomic mass is 9.99. The number of aliphatic hydroxyl groups is 5. The smallest absolute Gasteiger partial charge is 0.186 e. The summed E-state index contributed by atoms with van der Waals surface area (Å²) in [5.41, 5.74) is 0. The van der Waals surface area contributed by atoms with E-state index in [0.29, 0.717) is 12.8 Å². The van der Waals surface area contributed by atoms with Crippen molar-refractivity contribution in [2.75, 3.05) is 13.2 Å². The lowest BCUT2D eigenvalue weighted by molar-refractivity contribution is -0.301. The molecule has 0 radical (unpaired) electrons. The molecule has 0 spiro atoms. The van der Waals surface area contributed by atoms with Crippen LogP contribution in [0.2, 0.25) is 0 Å². The highest BCUT2D eigenvalue weighted by atomic mass is 16.7. The summed E-state index contributed by atoms with van der Waals surface area (Å²) in [5.74, 6) is 10.3. The fraction of sp³-hybridized carbons (Fsp3) is 0.625. The third-order valence-electron chi connectivity index (χ3n) is 3.17. The maximum Gasteiger partial charge on any atom is 0.186 e. The lowest BCUT2D eigenvalue weighted by Gasteiger charge is -2.39. The summed E-state index contributed by atoms with van der Waals surface area (Å²) in [6.07, 6.45) is -4.93. The van der Waals surface area contributed by atoms with Gasteiger partial charge in [-0.3, -0.25) is 0 Å².